The average molecular weight is 436 g/mol. The molecule has 1 aromatic carbocycles. The molecule has 0 aliphatic carbocycles. The number of fused-ring (bicyclic) bond motifs is 1. The van der Waals surface area contributed by atoms with Gasteiger partial charge in [0.2, 0.25) is 0 Å². The van der Waals surface area contributed by atoms with Crippen LogP contribution in [0.3, 0.4) is 0 Å². The predicted octanol–water partition coefficient (Wildman–Crippen LogP) is 4.22. The monoisotopic (exact) mass is 436 g/mol. The van der Waals surface area contributed by atoms with E-state index < -0.39 is 15.6 Å². The van der Waals surface area contributed by atoms with Crippen molar-refractivity contribution in [2.45, 2.75) is 84.3 Å². The Labute approximate surface area is 170 Å². The molecular weight excluding hydrogens is 402 g/mol. The summed E-state index contributed by atoms with van der Waals surface area (Å²) in [5, 5.41) is 0. The molecule has 0 amide bonds. The van der Waals surface area contributed by atoms with Gasteiger partial charge in [-0.25, -0.2) is 0 Å². The zero-order chi connectivity index (χ0) is 20.0. The molecule has 2 aliphatic rings. The molecule has 1 fully saturated rings. The van der Waals surface area contributed by atoms with Crippen molar-refractivity contribution in [1.29, 1.82) is 0 Å². The molecule has 0 aromatic heterocycles. The van der Waals surface area contributed by atoms with Gasteiger partial charge in [-0.15, -0.1) is 0 Å². The Bertz CT molecular complexity index is 636. The van der Waals surface area contributed by atoms with Crippen LogP contribution in [0.15, 0.2) is 24.3 Å². The maximum absolute atomic E-state index is 6.35. The minimum absolute atomic E-state index is 0.0346. The zero-order valence-corrected chi connectivity index (χ0v) is 20.0. The molecule has 0 saturated carbocycles. The Morgan fingerprint density at radius 3 is 1.93 bits per heavy atom. The van der Waals surface area contributed by atoms with Gasteiger partial charge in [-0.1, -0.05) is 0 Å². The van der Waals surface area contributed by atoms with Crippen LogP contribution in [0.1, 0.15) is 67.7 Å². The third-order valence-electron chi connectivity index (χ3n) is 5.59. The topological polar surface area (TPSA) is 34.2 Å². The summed E-state index contributed by atoms with van der Waals surface area (Å²) in [4.78, 5) is 2.54. The molecule has 3 rings (SSSR count). The van der Waals surface area contributed by atoms with Crippen LogP contribution in [0.4, 0.5) is 0 Å². The Morgan fingerprint density at radius 1 is 1.04 bits per heavy atom. The van der Waals surface area contributed by atoms with Crippen molar-refractivity contribution in [3.63, 3.8) is 0 Å². The Hall–Kier alpha value is -0.677. The Morgan fingerprint density at radius 2 is 1.52 bits per heavy atom. The van der Waals surface area contributed by atoms with Crippen LogP contribution in [0.5, 0.6) is 11.5 Å². The third-order valence-corrected chi connectivity index (χ3v) is 9.48. The summed E-state index contributed by atoms with van der Waals surface area (Å²) >= 11 is -2.29. The molecule has 0 unspecified atom stereocenters. The van der Waals surface area contributed by atoms with Gasteiger partial charge in [0.1, 0.15) is 0 Å². The fourth-order valence-electron chi connectivity index (χ4n) is 4.46. The molecule has 2 aliphatic heterocycles. The van der Waals surface area contributed by atoms with Gasteiger partial charge in [-0.3, -0.25) is 0 Å². The third kappa shape index (κ3) is 4.05. The molecule has 0 bridgehead atoms. The molecule has 0 atom stereocenters. The molecule has 0 N–H and O–H groups in total. The SMILES string of the molecule is COB(N([As]1Oc2ccccc2O1)C(C)(C)C)N1C(C)(C)CCCC1(C)C. The van der Waals surface area contributed by atoms with Gasteiger partial charge in [0.05, 0.1) is 0 Å². The standard InChI is InChI=1S/C20H34AsBN2O3/c1-18(2,3)24(21-26-16-12-9-10-13-17(16)27-21)22(25-8)23-19(4,5)14-11-15-20(23,6)7/h9-10,12-13H,11,14-15H2,1-8H3. The van der Waals surface area contributed by atoms with E-state index in [0.717, 1.165) is 24.3 Å². The number of para-hydroxylation sites is 2. The van der Waals surface area contributed by atoms with Gasteiger partial charge in [-0.2, -0.15) is 0 Å². The number of piperidine rings is 1. The molecule has 150 valence electrons. The number of rotatable bonds is 4. The molecule has 5 nitrogen and oxygen atoms in total. The van der Waals surface area contributed by atoms with Gasteiger partial charge >= 0.3 is 171 Å². The second-order valence-electron chi connectivity index (χ2n) is 9.79. The van der Waals surface area contributed by atoms with Gasteiger partial charge in [0, 0.05) is 0 Å². The van der Waals surface area contributed by atoms with Gasteiger partial charge in [-0.05, 0) is 0 Å². The first-order valence-electron chi connectivity index (χ1n) is 9.84. The normalized spacial score (nSPS) is 22.3. The Kier molecular flexibility index (Phi) is 5.68. The van der Waals surface area contributed by atoms with E-state index >= 15 is 0 Å². The molecule has 2 heterocycles. The zero-order valence-electron chi connectivity index (χ0n) is 18.1. The van der Waals surface area contributed by atoms with E-state index in [0.29, 0.717) is 0 Å². The fourth-order valence-corrected chi connectivity index (χ4v) is 8.03. The van der Waals surface area contributed by atoms with E-state index in [1.54, 1.807) is 0 Å². The number of nitrogens with zero attached hydrogens (tertiary/aromatic N) is 2. The second-order valence-corrected chi connectivity index (χ2v) is 12.5. The van der Waals surface area contributed by atoms with Crippen molar-refractivity contribution in [1.82, 2.24) is 8.54 Å². The summed E-state index contributed by atoms with van der Waals surface area (Å²) in [7, 11) is 1.60. The maximum atomic E-state index is 6.35. The molecule has 7 heteroatoms. The second kappa shape index (κ2) is 7.29. The predicted molar refractivity (Wildman–Crippen MR) is 112 cm³/mol. The van der Waals surface area contributed by atoms with Crippen LogP contribution in [0.25, 0.3) is 0 Å². The summed E-state index contributed by atoms with van der Waals surface area (Å²) in [5.41, 5.74) is -0.0911. The van der Waals surface area contributed by atoms with Crippen molar-refractivity contribution < 1.29 is 12.1 Å². The van der Waals surface area contributed by atoms with Crippen LogP contribution in [0, 0.1) is 0 Å². The van der Waals surface area contributed by atoms with Crippen LogP contribution in [-0.2, 0) is 4.65 Å². The van der Waals surface area contributed by atoms with E-state index in [1.165, 1.54) is 6.42 Å². The molecule has 27 heavy (non-hydrogen) atoms. The fraction of sp³-hybridized carbons (Fsp3) is 0.700. The summed E-state index contributed by atoms with van der Waals surface area (Å²) in [6, 6.07) is 7.96. The first-order chi connectivity index (χ1) is 12.5. The van der Waals surface area contributed by atoms with Gasteiger partial charge in [0.15, 0.2) is 0 Å². The first-order valence-corrected chi connectivity index (χ1v) is 12.2. The molecular formula is C20H34AsBN2O3. The molecule has 1 aromatic rings. The van der Waals surface area contributed by atoms with Crippen molar-refractivity contribution in [2.24, 2.45) is 0 Å². The molecule has 0 spiro atoms. The van der Waals surface area contributed by atoms with Crippen molar-refractivity contribution in [2.75, 3.05) is 7.11 Å². The van der Waals surface area contributed by atoms with Crippen LogP contribution < -0.4 is 7.45 Å². The summed E-state index contributed by atoms with van der Waals surface area (Å²) in [5.74, 6) is 1.69. The van der Waals surface area contributed by atoms with Crippen molar-refractivity contribution >= 4 is 22.7 Å². The number of benzene rings is 1. The Balaban J connectivity index is 1.98. The van der Waals surface area contributed by atoms with E-state index in [9.17, 15) is 0 Å². The van der Waals surface area contributed by atoms with Crippen LogP contribution in [-0.4, -0.2) is 55.0 Å². The summed E-state index contributed by atoms with van der Waals surface area (Å²) < 4.78 is 21.2. The van der Waals surface area contributed by atoms with E-state index in [4.69, 9.17) is 12.1 Å². The van der Waals surface area contributed by atoms with Gasteiger partial charge in [0.25, 0.3) is 0 Å². The number of hydrogen-bond acceptors (Lipinski definition) is 5. The first kappa shape index (κ1) is 21.0. The average Bonchev–Trinajstić information content (AvgIpc) is 2.94. The van der Waals surface area contributed by atoms with E-state index in [2.05, 4.69) is 57.0 Å². The van der Waals surface area contributed by atoms with Crippen LogP contribution >= 0.6 is 0 Å². The molecule has 1 saturated heterocycles. The number of hydrogen-bond donors (Lipinski definition) is 0. The van der Waals surface area contributed by atoms with Gasteiger partial charge < -0.3 is 0 Å². The molecule has 0 radical (unpaired) electrons. The van der Waals surface area contributed by atoms with Crippen molar-refractivity contribution in [3.8, 4) is 11.5 Å². The van der Waals surface area contributed by atoms with E-state index in [1.807, 2.05) is 31.4 Å². The summed E-state index contributed by atoms with van der Waals surface area (Å²) in [6.07, 6.45) is 3.55. The summed E-state index contributed by atoms with van der Waals surface area (Å²) in [6.45, 7) is 16.0. The van der Waals surface area contributed by atoms with Crippen molar-refractivity contribution in [3.05, 3.63) is 24.3 Å². The van der Waals surface area contributed by atoms with Crippen LogP contribution in [0.2, 0.25) is 0 Å². The van der Waals surface area contributed by atoms with E-state index in [-0.39, 0.29) is 23.8 Å². The quantitative estimate of drug-likeness (QED) is 0.661. The minimum atomic E-state index is -2.29.